The minimum absolute atomic E-state index is 0.00463. The van der Waals surface area contributed by atoms with Crippen molar-refractivity contribution in [1.82, 2.24) is 10.2 Å². The SMILES string of the molecule is COc1cc(CO)cc2c1OC1C2C(C(=O)NCCO)=CC(N(C(=O)COC2CC(C)CCC2C(C)C)C2CCCC2)C1O. The summed E-state index contributed by atoms with van der Waals surface area (Å²) in [6.07, 6.45) is 6.49. The van der Waals surface area contributed by atoms with E-state index in [9.17, 15) is 24.9 Å². The standard InChI is InChI=1S/C34H50N2O8/c1-19(2)23-10-9-20(3)13-27(23)43-18-29(39)36(22-7-5-6-8-22)26-16-25(34(41)35-11-12-37)30-24-14-21(17-38)15-28(42-4)32(24)44-33(30)31(26)40/h14-16,19-20,22-23,26-27,30-31,33,37-38,40H,5-13,17-18H2,1-4H3,(H,35,41). The molecule has 44 heavy (non-hydrogen) atoms. The molecule has 10 nitrogen and oxygen atoms in total. The summed E-state index contributed by atoms with van der Waals surface area (Å²) in [5, 5.41) is 34.0. The zero-order chi connectivity index (χ0) is 31.5. The number of aliphatic hydroxyl groups excluding tert-OH is 3. The minimum Gasteiger partial charge on any atom is -0.493 e. The Morgan fingerprint density at radius 1 is 1.14 bits per heavy atom. The van der Waals surface area contributed by atoms with Gasteiger partial charge in [0.15, 0.2) is 11.5 Å². The number of amides is 2. The highest BCUT2D eigenvalue weighted by Gasteiger charge is 2.52. The molecule has 244 valence electrons. The Morgan fingerprint density at radius 3 is 2.55 bits per heavy atom. The summed E-state index contributed by atoms with van der Waals surface area (Å²) in [7, 11) is 1.50. The fraction of sp³-hybridized carbons (Fsp3) is 0.706. The zero-order valence-corrected chi connectivity index (χ0v) is 26.5. The van der Waals surface area contributed by atoms with Crippen LogP contribution in [-0.4, -0.2) is 89.3 Å². The number of carbonyl (C=O) groups is 2. The molecule has 5 rings (SSSR count). The first-order chi connectivity index (χ1) is 21.2. The molecule has 1 aromatic rings. The van der Waals surface area contributed by atoms with Gasteiger partial charge in [-0.3, -0.25) is 9.59 Å². The molecule has 2 saturated carbocycles. The Bertz CT molecular complexity index is 1210. The molecule has 1 heterocycles. The molecule has 10 heteroatoms. The Hall–Kier alpha value is -2.66. The molecular formula is C34H50N2O8. The number of nitrogens with one attached hydrogen (secondary N) is 1. The summed E-state index contributed by atoms with van der Waals surface area (Å²) in [6, 6.07) is 2.55. The summed E-state index contributed by atoms with van der Waals surface area (Å²) in [5.41, 5.74) is 1.58. The predicted octanol–water partition coefficient (Wildman–Crippen LogP) is 3.06. The molecule has 2 amide bonds. The van der Waals surface area contributed by atoms with E-state index in [4.69, 9.17) is 14.2 Å². The molecule has 2 fully saturated rings. The van der Waals surface area contributed by atoms with E-state index in [1.54, 1.807) is 23.1 Å². The Balaban J connectivity index is 1.49. The number of methoxy groups -OCH3 is 1. The number of hydrogen-bond donors (Lipinski definition) is 4. The minimum atomic E-state index is -1.13. The third-order valence-corrected chi connectivity index (χ3v) is 10.2. The molecule has 7 unspecified atom stereocenters. The van der Waals surface area contributed by atoms with Crippen molar-refractivity contribution in [3.8, 4) is 11.5 Å². The maximum absolute atomic E-state index is 14.2. The van der Waals surface area contributed by atoms with E-state index in [1.165, 1.54) is 13.5 Å². The number of fused-ring (bicyclic) bond motifs is 3. The Labute approximate surface area is 260 Å². The first kappa shape index (κ1) is 32.7. The number of aliphatic hydroxyl groups is 3. The van der Waals surface area contributed by atoms with Gasteiger partial charge in [-0.2, -0.15) is 0 Å². The zero-order valence-electron chi connectivity index (χ0n) is 26.5. The van der Waals surface area contributed by atoms with E-state index in [0.29, 0.717) is 46.0 Å². The lowest BCUT2D eigenvalue weighted by Gasteiger charge is -2.43. The van der Waals surface area contributed by atoms with E-state index in [1.807, 2.05) is 0 Å². The molecule has 0 saturated heterocycles. The number of rotatable bonds is 11. The van der Waals surface area contributed by atoms with Gasteiger partial charge in [0.05, 0.1) is 38.4 Å². The van der Waals surface area contributed by atoms with Gasteiger partial charge >= 0.3 is 0 Å². The van der Waals surface area contributed by atoms with Gasteiger partial charge in [-0.25, -0.2) is 0 Å². The number of benzene rings is 1. The maximum Gasteiger partial charge on any atom is 0.249 e. The van der Waals surface area contributed by atoms with Gasteiger partial charge in [0.1, 0.15) is 18.8 Å². The lowest BCUT2D eigenvalue weighted by molar-refractivity contribution is -0.150. The summed E-state index contributed by atoms with van der Waals surface area (Å²) in [4.78, 5) is 29.5. The normalized spacial score (nSPS) is 29.9. The van der Waals surface area contributed by atoms with Crippen molar-refractivity contribution in [2.45, 2.75) is 109 Å². The van der Waals surface area contributed by atoms with Crippen LogP contribution in [0.1, 0.15) is 82.8 Å². The van der Waals surface area contributed by atoms with E-state index < -0.39 is 30.1 Å². The summed E-state index contributed by atoms with van der Waals surface area (Å²) in [6.45, 7) is 6.18. The number of carbonyl (C=O) groups excluding carboxylic acids is 2. The Morgan fingerprint density at radius 2 is 1.89 bits per heavy atom. The van der Waals surface area contributed by atoms with Crippen LogP contribution in [0.15, 0.2) is 23.8 Å². The molecule has 0 aromatic heterocycles. The predicted molar refractivity (Wildman–Crippen MR) is 164 cm³/mol. The average molecular weight is 615 g/mol. The van der Waals surface area contributed by atoms with Gasteiger partial charge in [-0.15, -0.1) is 0 Å². The molecule has 3 aliphatic carbocycles. The van der Waals surface area contributed by atoms with Crippen molar-refractivity contribution in [2.75, 3.05) is 26.9 Å². The smallest absolute Gasteiger partial charge is 0.249 e. The number of ether oxygens (including phenoxy) is 3. The topological polar surface area (TPSA) is 138 Å². The van der Waals surface area contributed by atoms with Crippen LogP contribution in [0.4, 0.5) is 0 Å². The van der Waals surface area contributed by atoms with Crippen molar-refractivity contribution < 1.29 is 39.1 Å². The molecule has 0 radical (unpaired) electrons. The van der Waals surface area contributed by atoms with Crippen LogP contribution in [0.5, 0.6) is 11.5 Å². The van der Waals surface area contributed by atoms with E-state index in [-0.39, 0.29) is 44.4 Å². The molecule has 7 atom stereocenters. The molecule has 4 aliphatic rings. The van der Waals surface area contributed by atoms with Gasteiger partial charge in [0, 0.05) is 23.7 Å². The fourth-order valence-corrected chi connectivity index (χ4v) is 7.94. The third kappa shape index (κ3) is 6.50. The second-order valence-corrected chi connectivity index (χ2v) is 13.4. The molecule has 1 aliphatic heterocycles. The van der Waals surface area contributed by atoms with Gasteiger partial charge < -0.3 is 39.7 Å². The first-order valence-electron chi connectivity index (χ1n) is 16.4. The molecule has 1 aromatic carbocycles. The Kier molecular flexibility index (Phi) is 10.6. The van der Waals surface area contributed by atoms with Gasteiger partial charge in [-0.05, 0) is 67.2 Å². The summed E-state index contributed by atoms with van der Waals surface area (Å²) in [5.74, 6) is 0.961. The van der Waals surface area contributed by atoms with Crippen LogP contribution < -0.4 is 14.8 Å². The van der Waals surface area contributed by atoms with Crippen molar-refractivity contribution in [3.63, 3.8) is 0 Å². The first-order valence-corrected chi connectivity index (χ1v) is 16.4. The van der Waals surface area contributed by atoms with E-state index in [2.05, 4.69) is 26.1 Å². The highest BCUT2D eigenvalue weighted by molar-refractivity contribution is 5.96. The van der Waals surface area contributed by atoms with Crippen LogP contribution in [0.2, 0.25) is 0 Å². The quantitative estimate of drug-likeness (QED) is 0.299. The third-order valence-electron chi connectivity index (χ3n) is 10.2. The second-order valence-electron chi connectivity index (χ2n) is 13.4. The molecular weight excluding hydrogens is 564 g/mol. The second kappa shape index (κ2) is 14.2. The largest absolute Gasteiger partial charge is 0.493 e. The van der Waals surface area contributed by atoms with E-state index in [0.717, 1.165) is 38.5 Å². The average Bonchev–Trinajstić information content (AvgIpc) is 3.68. The highest BCUT2D eigenvalue weighted by atomic mass is 16.5. The lowest BCUT2D eigenvalue weighted by Crippen LogP contribution is -2.58. The van der Waals surface area contributed by atoms with Gasteiger partial charge in [0.2, 0.25) is 11.8 Å². The summed E-state index contributed by atoms with van der Waals surface area (Å²) < 4.78 is 18.3. The number of nitrogens with zero attached hydrogens (tertiary/aromatic N) is 1. The van der Waals surface area contributed by atoms with Gasteiger partial charge in [-0.1, -0.05) is 40.0 Å². The van der Waals surface area contributed by atoms with Crippen LogP contribution in [-0.2, 0) is 20.9 Å². The molecule has 0 spiro atoms. The van der Waals surface area contributed by atoms with Gasteiger partial charge in [0.25, 0.3) is 0 Å². The highest BCUT2D eigenvalue weighted by Crippen LogP contribution is 2.52. The van der Waals surface area contributed by atoms with Crippen LogP contribution in [0.25, 0.3) is 0 Å². The van der Waals surface area contributed by atoms with Crippen molar-refractivity contribution in [2.24, 2.45) is 17.8 Å². The van der Waals surface area contributed by atoms with Crippen LogP contribution in [0, 0.1) is 17.8 Å². The lowest BCUT2D eigenvalue weighted by atomic mass is 9.75. The van der Waals surface area contributed by atoms with Crippen LogP contribution >= 0.6 is 0 Å². The molecule has 0 bridgehead atoms. The fourth-order valence-electron chi connectivity index (χ4n) is 7.94. The van der Waals surface area contributed by atoms with E-state index >= 15 is 0 Å². The van der Waals surface area contributed by atoms with Crippen molar-refractivity contribution in [1.29, 1.82) is 0 Å². The van der Waals surface area contributed by atoms with Crippen molar-refractivity contribution >= 4 is 11.8 Å². The number of hydrogen-bond acceptors (Lipinski definition) is 8. The maximum atomic E-state index is 14.2. The monoisotopic (exact) mass is 614 g/mol. The van der Waals surface area contributed by atoms with Crippen molar-refractivity contribution in [3.05, 3.63) is 34.9 Å². The van der Waals surface area contributed by atoms with Crippen LogP contribution in [0.3, 0.4) is 0 Å². The summed E-state index contributed by atoms with van der Waals surface area (Å²) >= 11 is 0. The molecule has 4 N–H and O–H groups in total.